The van der Waals surface area contributed by atoms with E-state index in [1.54, 1.807) is 0 Å². The summed E-state index contributed by atoms with van der Waals surface area (Å²) < 4.78 is 5.66. The van der Waals surface area contributed by atoms with E-state index < -0.39 is 6.04 Å². The van der Waals surface area contributed by atoms with E-state index >= 15 is 0 Å². The van der Waals surface area contributed by atoms with Crippen LogP contribution in [0.25, 0.3) is 0 Å². The first kappa shape index (κ1) is 22.7. The van der Waals surface area contributed by atoms with Gasteiger partial charge in [0.2, 0.25) is 11.8 Å². The van der Waals surface area contributed by atoms with Crippen molar-refractivity contribution >= 4 is 24.2 Å². The van der Waals surface area contributed by atoms with Crippen LogP contribution in [-0.2, 0) is 29.2 Å². The van der Waals surface area contributed by atoms with Gasteiger partial charge in [0.15, 0.2) is 0 Å². The molecule has 2 aromatic carbocycles. The zero-order valence-corrected chi connectivity index (χ0v) is 17.6. The van der Waals surface area contributed by atoms with Crippen LogP contribution in [0.1, 0.15) is 48.6 Å². The lowest BCUT2D eigenvalue weighted by molar-refractivity contribution is -0.122. The van der Waals surface area contributed by atoms with Crippen LogP contribution >= 0.6 is 12.4 Å². The van der Waals surface area contributed by atoms with E-state index in [9.17, 15) is 9.59 Å². The molecular formula is C22H28ClN3O3. The highest BCUT2D eigenvalue weighted by atomic mass is 35.5. The van der Waals surface area contributed by atoms with Gasteiger partial charge in [0.05, 0.1) is 19.1 Å². The molecule has 3 N–H and O–H groups in total. The van der Waals surface area contributed by atoms with Crippen molar-refractivity contribution in [1.82, 2.24) is 16.0 Å². The first-order valence-electron chi connectivity index (χ1n) is 9.63. The van der Waals surface area contributed by atoms with Gasteiger partial charge in [-0.25, -0.2) is 0 Å². The maximum absolute atomic E-state index is 12.6. The second-order valence-corrected chi connectivity index (χ2v) is 6.91. The Kier molecular flexibility index (Phi) is 8.49. The van der Waals surface area contributed by atoms with E-state index in [0.717, 1.165) is 24.2 Å². The number of halogens is 1. The molecule has 0 saturated carbocycles. The molecule has 29 heavy (non-hydrogen) atoms. The molecule has 0 bridgehead atoms. The molecule has 1 aliphatic heterocycles. The van der Waals surface area contributed by atoms with E-state index in [2.05, 4.69) is 28.1 Å². The average Bonchev–Trinajstić information content (AvgIpc) is 3.14. The van der Waals surface area contributed by atoms with Gasteiger partial charge in [-0.05, 0) is 29.7 Å². The van der Waals surface area contributed by atoms with Gasteiger partial charge in [-0.3, -0.25) is 9.59 Å². The van der Waals surface area contributed by atoms with Gasteiger partial charge in [0.25, 0.3) is 0 Å². The first-order valence-corrected chi connectivity index (χ1v) is 9.63. The third-order valence-corrected chi connectivity index (χ3v) is 4.75. The molecule has 1 aliphatic rings. The molecule has 0 aliphatic carbocycles. The molecule has 6 nitrogen and oxygen atoms in total. The molecule has 156 valence electrons. The summed E-state index contributed by atoms with van der Waals surface area (Å²) in [5.41, 5.74) is 4.47. The summed E-state index contributed by atoms with van der Waals surface area (Å²) >= 11 is 0. The normalized spacial score (nSPS) is 13.0. The highest BCUT2D eigenvalue weighted by Crippen LogP contribution is 2.27. The largest absolute Gasteiger partial charge is 0.494 e. The van der Waals surface area contributed by atoms with Crippen molar-refractivity contribution < 1.29 is 14.3 Å². The number of carbonyl (C=O) groups excluding carboxylic acids is 2. The number of para-hydroxylation sites is 1. The summed E-state index contributed by atoms with van der Waals surface area (Å²) in [6.45, 7) is 6.11. The number of fused-ring (bicyclic) bond motifs is 1. The van der Waals surface area contributed by atoms with Gasteiger partial charge < -0.3 is 20.7 Å². The minimum absolute atomic E-state index is 0. The highest BCUT2D eigenvalue weighted by molar-refractivity contribution is 5.85. The smallest absolute Gasteiger partial charge is 0.222 e. The summed E-state index contributed by atoms with van der Waals surface area (Å²) in [5, 5.41) is 9.15. The molecule has 0 aromatic heterocycles. The number of amides is 2. The predicted molar refractivity (Wildman–Crippen MR) is 115 cm³/mol. The number of hydrogen-bond acceptors (Lipinski definition) is 4. The van der Waals surface area contributed by atoms with Crippen LogP contribution in [0.5, 0.6) is 5.75 Å². The van der Waals surface area contributed by atoms with Crippen molar-refractivity contribution in [1.29, 1.82) is 0 Å². The Bertz CT molecular complexity index is 857. The van der Waals surface area contributed by atoms with E-state index in [0.29, 0.717) is 18.9 Å². The average molecular weight is 418 g/mol. The van der Waals surface area contributed by atoms with Gasteiger partial charge in [0.1, 0.15) is 5.75 Å². The molecular weight excluding hydrogens is 390 g/mol. The Hall–Kier alpha value is -2.57. The van der Waals surface area contributed by atoms with Gasteiger partial charge in [-0.2, -0.15) is 0 Å². The molecule has 0 spiro atoms. The first-order chi connectivity index (χ1) is 13.6. The zero-order chi connectivity index (χ0) is 19.9. The van der Waals surface area contributed by atoms with Gasteiger partial charge in [0, 0.05) is 32.1 Å². The van der Waals surface area contributed by atoms with E-state index in [1.165, 1.54) is 18.1 Å². The number of ether oxygens (including phenoxy) is 1. The molecule has 1 heterocycles. The number of nitrogens with one attached hydrogen (secondary N) is 3. The van der Waals surface area contributed by atoms with Crippen LogP contribution < -0.4 is 20.7 Å². The van der Waals surface area contributed by atoms with E-state index in [4.69, 9.17) is 4.74 Å². The van der Waals surface area contributed by atoms with E-state index in [1.807, 2.05) is 37.3 Å². The fourth-order valence-electron chi connectivity index (χ4n) is 3.46. The zero-order valence-electron chi connectivity index (χ0n) is 16.8. The molecule has 2 aromatic rings. The fourth-order valence-corrected chi connectivity index (χ4v) is 3.46. The van der Waals surface area contributed by atoms with Crippen LogP contribution in [0.2, 0.25) is 0 Å². The van der Waals surface area contributed by atoms with Gasteiger partial charge in [-0.15, -0.1) is 12.4 Å². The summed E-state index contributed by atoms with van der Waals surface area (Å²) in [7, 11) is 0. The molecule has 7 heteroatoms. The van der Waals surface area contributed by atoms with Crippen LogP contribution in [-0.4, -0.2) is 18.4 Å². The van der Waals surface area contributed by atoms with E-state index in [-0.39, 0.29) is 30.6 Å². The van der Waals surface area contributed by atoms with Crippen LogP contribution in [0.4, 0.5) is 0 Å². The SMILES string of the molecule is CCOc1ccccc1C(CC(=O)NCc1ccc2c(c1)CNC2)NC(C)=O.Cl. The van der Waals surface area contributed by atoms with Crippen molar-refractivity contribution in [2.75, 3.05) is 6.61 Å². The molecule has 0 radical (unpaired) electrons. The Morgan fingerprint density at radius 1 is 1.14 bits per heavy atom. The monoisotopic (exact) mass is 417 g/mol. The molecule has 0 fully saturated rings. The Labute approximate surface area is 177 Å². The fraction of sp³-hybridized carbons (Fsp3) is 0.364. The molecule has 1 atom stereocenters. The maximum atomic E-state index is 12.6. The maximum Gasteiger partial charge on any atom is 0.222 e. The molecule has 0 saturated heterocycles. The molecule has 1 unspecified atom stereocenters. The number of rotatable bonds is 8. The summed E-state index contributed by atoms with van der Waals surface area (Å²) in [4.78, 5) is 24.2. The minimum Gasteiger partial charge on any atom is -0.494 e. The second-order valence-electron chi connectivity index (χ2n) is 6.91. The topological polar surface area (TPSA) is 79.5 Å². The van der Waals surface area contributed by atoms with Crippen molar-refractivity contribution in [3.05, 3.63) is 64.7 Å². The van der Waals surface area contributed by atoms with Gasteiger partial charge in [-0.1, -0.05) is 36.4 Å². The Balaban J connectivity index is 0.00000300. The number of hydrogen-bond donors (Lipinski definition) is 3. The molecule has 2 amide bonds. The lowest BCUT2D eigenvalue weighted by Gasteiger charge is -2.21. The van der Waals surface area contributed by atoms with Gasteiger partial charge >= 0.3 is 0 Å². The van der Waals surface area contributed by atoms with Crippen molar-refractivity contribution in [3.8, 4) is 5.75 Å². The predicted octanol–water partition coefficient (Wildman–Crippen LogP) is 2.99. The standard InChI is InChI=1S/C22H27N3O3.ClH/c1-3-28-21-7-5-4-6-19(21)20(25-15(2)26)11-22(27)24-12-16-8-9-17-13-23-14-18(17)10-16;/h4-10,20,23H,3,11-14H2,1-2H3,(H,24,27)(H,25,26);1H. The number of benzene rings is 2. The van der Waals surface area contributed by atoms with Crippen molar-refractivity contribution in [2.24, 2.45) is 0 Å². The van der Waals surface area contributed by atoms with Crippen LogP contribution in [0.15, 0.2) is 42.5 Å². The minimum atomic E-state index is -0.440. The van der Waals surface area contributed by atoms with Crippen LogP contribution in [0.3, 0.4) is 0 Å². The molecule has 3 rings (SSSR count). The van der Waals surface area contributed by atoms with Crippen molar-refractivity contribution in [3.63, 3.8) is 0 Å². The third kappa shape index (κ3) is 6.21. The number of carbonyl (C=O) groups is 2. The summed E-state index contributed by atoms with van der Waals surface area (Å²) in [5.74, 6) is 0.376. The second kappa shape index (κ2) is 10.8. The quantitative estimate of drug-likeness (QED) is 0.617. The Morgan fingerprint density at radius 3 is 2.66 bits per heavy atom. The Morgan fingerprint density at radius 2 is 1.90 bits per heavy atom. The highest BCUT2D eigenvalue weighted by Gasteiger charge is 2.20. The summed E-state index contributed by atoms with van der Waals surface area (Å²) in [6, 6.07) is 13.3. The lowest BCUT2D eigenvalue weighted by atomic mass is 10.0. The van der Waals surface area contributed by atoms with Crippen molar-refractivity contribution in [2.45, 2.75) is 45.9 Å². The summed E-state index contributed by atoms with van der Waals surface area (Å²) in [6.07, 6.45) is 0.149. The van der Waals surface area contributed by atoms with Crippen LogP contribution in [0, 0.1) is 0 Å². The lowest BCUT2D eigenvalue weighted by Crippen LogP contribution is -2.32. The third-order valence-electron chi connectivity index (χ3n) is 4.75.